The van der Waals surface area contributed by atoms with Crippen molar-refractivity contribution in [3.05, 3.63) is 104 Å². The summed E-state index contributed by atoms with van der Waals surface area (Å²) in [4.78, 5) is 27.6. The highest BCUT2D eigenvalue weighted by Crippen LogP contribution is 2.46. The number of ether oxygens (including phenoxy) is 1. The lowest BCUT2D eigenvalue weighted by Gasteiger charge is -2.20. The number of carbonyl (C=O) groups is 1. The van der Waals surface area contributed by atoms with Gasteiger partial charge in [0.1, 0.15) is 5.76 Å². The highest BCUT2D eigenvalue weighted by molar-refractivity contribution is 6.21. The van der Waals surface area contributed by atoms with Crippen LogP contribution >= 0.6 is 0 Å². The molecule has 6 rings (SSSR count). The number of carbonyl (C=O) groups excluding carboxylic acids is 1. The monoisotopic (exact) mass is 620 g/mol. The third-order valence-corrected chi connectivity index (χ3v) is 10.4. The van der Waals surface area contributed by atoms with Crippen molar-refractivity contribution in [1.29, 1.82) is 0 Å². The van der Waals surface area contributed by atoms with Gasteiger partial charge in [-0.1, -0.05) is 26.8 Å². The second-order valence-electron chi connectivity index (χ2n) is 13.1. The number of hydrogen-bond acceptors (Lipinski definition) is 8. The van der Waals surface area contributed by atoms with Crippen LogP contribution in [0.5, 0.6) is 0 Å². The molecule has 8 bridgehead atoms. The number of rotatable bonds is 8. The van der Waals surface area contributed by atoms with Gasteiger partial charge in [-0.25, -0.2) is 15.0 Å². The molecule has 6 aliphatic rings. The molecule has 1 saturated heterocycles. The smallest absolute Gasteiger partial charge is 0.305 e. The molecule has 3 N–H and O–H groups in total. The lowest BCUT2D eigenvalue weighted by Crippen LogP contribution is -2.21. The van der Waals surface area contributed by atoms with E-state index >= 15 is 0 Å². The summed E-state index contributed by atoms with van der Waals surface area (Å²) < 4.78 is 5.00. The van der Waals surface area contributed by atoms with Crippen molar-refractivity contribution in [2.45, 2.75) is 79.8 Å². The first-order chi connectivity index (χ1) is 22.0. The van der Waals surface area contributed by atoms with Crippen molar-refractivity contribution in [2.24, 2.45) is 32.7 Å². The second-order valence-corrected chi connectivity index (χ2v) is 13.1. The molecule has 2 unspecified atom stereocenters. The van der Waals surface area contributed by atoms with E-state index in [4.69, 9.17) is 19.7 Å². The summed E-state index contributed by atoms with van der Waals surface area (Å²) in [7, 11) is 1.41. The van der Waals surface area contributed by atoms with E-state index in [-0.39, 0.29) is 30.1 Å². The molecule has 4 atom stereocenters. The summed E-state index contributed by atoms with van der Waals surface area (Å²) >= 11 is 0. The van der Waals surface area contributed by atoms with Crippen LogP contribution in [0.3, 0.4) is 0 Å². The van der Waals surface area contributed by atoms with E-state index in [1.165, 1.54) is 7.11 Å². The number of hydrogen-bond donors (Lipinski definition) is 3. The first-order valence-electron chi connectivity index (χ1n) is 16.3. The standard InChI is InChI=1S/C38H44N4O4/c1-9-11-18(3)38(45)34-21(6)28-15-27-20(5)24(12-13-33(44)46-8)36(41-27)25-14-32(43)35-22(7)29(42-37(25)35)16-30-23(10-2)19(4)26(39-30)17-31(34)40-28/h9,15-18,20,24,38,41,43,45H,1,10-14H2,2-8H3/t18?,20-,24-,38?/m0/s1. The number of nitrogens with one attached hydrogen (secondary N) is 1. The number of nitrogens with zero attached hydrogens (tertiary/aromatic N) is 3. The Kier molecular flexibility index (Phi) is 8.36. The largest absolute Gasteiger partial charge is 0.511 e. The van der Waals surface area contributed by atoms with Crippen LogP contribution in [0.1, 0.15) is 73.6 Å². The van der Waals surface area contributed by atoms with E-state index in [1.807, 2.05) is 39.0 Å². The first kappa shape index (κ1) is 31.7. The summed E-state index contributed by atoms with van der Waals surface area (Å²) in [5.41, 5.74) is 13.3. The van der Waals surface area contributed by atoms with Crippen LogP contribution in [0.15, 0.2) is 119 Å². The Morgan fingerprint density at radius 1 is 1.11 bits per heavy atom. The normalized spacial score (nSPS) is 25.0. The molecule has 8 nitrogen and oxygen atoms in total. The van der Waals surface area contributed by atoms with Crippen molar-refractivity contribution in [3.8, 4) is 0 Å². The summed E-state index contributed by atoms with van der Waals surface area (Å²) in [6, 6.07) is 0. The molecule has 8 heteroatoms. The quantitative estimate of drug-likeness (QED) is 0.196. The Balaban J connectivity index is 1.59. The van der Waals surface area contributed by atoms with Crippen molar-refractivity contribution in [2.75, 3.05) is 7.11 Å². The lowest BCUT2D eigenvalue weighted by atomic mass is 9.86. The predicted molar refractivity (Wildman–Crippen MR) is 183 cm³/mol. The molecule has 0 aromatic rings. The number of fused-ring (bicyclic) bond motifs is 5. The minimum absolute atomic E-state index is 0.0218. The number of aliphatic hydroxyl groups excluding tert-OH is 2. The van der Waals surface area contributed by atoms with E-state index in [0.29, 0.717) is 30.7 Å². The number of aliphatic imine (C=N–C) groups is 3. The van der Waals surface area contributed by atoms with E-state index in [2.05, 4.69) is 38.7 Å². The van der Waals surface area contributed by atoms with Gasteiger partial charge < -0.3 is 20.3 Å². The van der Waals surface area contributed by atoms with Crippen LogP contribution < -0.4 is 5.32 Å². The molecular formula is C38H44N4O4. The van der Waals surface area contributed by atoms with E-state index in [9.17, 15) is 15.0 Å². The predicted octanol–water partition coefficient (Wildman–Crippen LogP) is 7.18. The SMILES string of the molecule is C=CCC(C)C(O)C1=C(C)C2=NC1=CC1=NC(=CC3=C(C)C4=C(O)CC(=C5NC(=C2)[C@@H](C)[C@@H]5CCC(=O)OC)C4=N3)C(CC)=C1C. The van der Waals surface area contributed by atoms with Crippen molar-refractivity contribution >= 4 is 23.1 Å². The average Bonchev–Trinajstić information content (AvgIpc) is 3.78. The molecule has 5 aliphatic heterocycles. The third kappa shape index (κ3) is 5.13. The first-order valence-corrected chi connectivity index (χ1v) is 16.3. The fourth-order valence-electron chi connectivity index (χ4n) is 7.55. The Morgan fingerprint density at radius 2 is 1.83 bits per heavy atom. The van der Waals surface area contributed by atoms with E-state index in [0.717, 1.165) is 85.4 Å². The van der Waals surface area contributed by atoms with Gasteiger partial charge in [0.2, 0.25) is 0 Å². The highest BCUT2D eigenvalue weighted by Gasteiger charge is 2.41. The number of allylic oxidation sites excluding steroid dienone is 12. The van der Waals surface area contributed by atoms with E-state index < -0.39 is 6.10 Å². The summed E-state index contributed by atoms with van der Waals surface area (Å²) in [6.45, 7) is 16.3. The number of esters is 1. The van der Waals surface area contributed by atoms with Crippen molar-refractivity contribution in [1.82, 2.24) is 5.32 Å². The minimum Gasteiger partial charge on any atom is -0.511 e. The van der Waals surface area contributed by atoms with Gasteiger partial charge in [-0.2, -0.15) is 0 Å². The average molecular weight is 621 g/mol. The highest BCUT2D eigenvalue weighted by atomic mass is 16.5. The van der Waals surface area contributed by atoms with Gasteiger partial charge in [-0.3, -0.25) is 4.79 Å². The molecule has 240 valence electrons. The molecule has 0 aromatic heterocycles. The maximum Gasteiger partial charge on any atom is 0.305 e. The molecule has 0 spiro atoms. The van der Waals surface area contributed by atoms with Gasteiger partial charge in [-0.15, -0.1) is 6.58 Å². The third-order valence-electron chi connectivity index (χ3n) is 10.4. The van der Waals surface area contributed by atoms with Gasteiger partial charge in [0.05, 0.1) is 47.4 Å². The molecule has 1 fully saturated rings. The molecule has 5 heterocycles. The van der Waals surface area contributed by atoms with Gasteiger partial charge >= 0.3 is 5.97 Å². The Hall–Kier alpha value is -4.30. The maximum atomic E-state index is 12.3. The van der Waals surface area contributed by atoms with E-state index in [1.54, 1.807) is 0 Å². The fraction of sp³-hybridized carbons (Fsp3) is 0.421. The lowest BCUT2D eigenvalue weighted by molar-refractivity contribution is -0.140. The molecule has 0 radical (unpaired) electrons. The van der Waals surface area contributed by atoms with Crippen LogP contribution in [0.25, 0.3) is 0 Å². The van der Waals surface area contributed by atoms with Crippen LogP contribution in [0.4, 0.5) is 0 Å². The molecule has 0 aromatic carbocycles. The summed E-state index contributed by atoms with van der Waals surface area (Å²) in [6.07, 6.45) is 9.92. The van der Waals surface area contributed by atoms with Gasteiger partial charge in [0, 0.05) is 52.8 Å². The molecule has 1 aliphatic carbocycles. The van der Waals surface area contributed by atoms with Gasteiger partial charge in [0.25, 0.3) is 0 Å². The Bertz CT molecular complexity index is 1800. The van der Waals surface area contributed by atoms with Crippen LogP contribution in [-0.2, 0) is 9.53 Å². The van der Waals surface area contributed by atoms with Crippen molar-refractivity contribution < 1.29 is 19.7 Å². The molecule has 46 heavy (non-hydrogen) atoms. The van der Waals surface area contributed by atoms with Crippen LogP contribution in [0, 0.1) is 17.8 Å². The van der Waals surface area contributed by atoms with Gasteiger partial charge in [0.15, 0.2) is 0 Å². The Morgan fingerprint density at radius 3 is 2.52 bits per heavy atom. The second kappa shape index (κ2) is 12.1. The zero-order valence-electron chi connectivity index (χ0n) is 27.9. The minimum atomic E-state index is -0.734. The zero-order valence-corrected chi connectivity index (χ0v) is 27.9. The Labute approximate surface area is 271 Å². The molecule has 0 amide bonds. The topological polar surface area (TPSA) is 116 Å². The van der Waals surface area contributed by atoms with Crippen molar-refractivity contribution in [3.63, 3.8) is 0 Å². The zero-order chi connectivity index (χ0) is 33.0. The molecular weight excluding hydrogens is 576 g/mol. The van der Waals surface area contributed by atoms with Crippen LogP contribution in [-0.4, -0.2) is 46.5 Å². The fourth-order valence-corrected chi connectivity index (χ4v) is 7.55. The van der Waals surface area contributed by atoms with Crippen LogP contribution in [0.2, 0.25) is 0 Å². The number of aliphatic hydroxyl groups is 2. The summed E-state index contributed by atoms with van der Waals surface area (Å²) in [5.74, 6) is 0.0166. The number of methoxy groups -OCH3 is 1. The summed E-state index contributed by atoms with van der Waals surface area (Å²) in [5, 5.41) is 26.6. The molecule has 0 saturated carbocycles. The van der Waals surface area contributed by atoms with Gasteiger partial charge in [-0.05, 0) is 86.5 Å². The maximum absolute atomic E-state index is 12.3.